The van der Waals surface area contributed by atoms with E-state index in [9.17, 15) is 14.5 Å². The minimum atomic E-state index is -0.618. The van der Waals surface area contributed by atoms with Gasteiger partial charge in [0.15, 0.2) is 5.82 Å². The third-order valence-corrected chi connectivity index (χ3v) is 2.94. The summed E-state index contributed by atoms with van der Waals surface area (Å²) in [6.45, 7) is 3.53. The van der Waals surface area contributed by atoms with Gasteiger partial charge in [0.1, 0.15) is 0 Å². The number of aryl methyl sites for hydroxylation is 1. The van der Waals surface area contributed by atoms with Crippen molar-refractivity contribution in [3.63, 3.8) is 0 Å². The molecule has 1 N–H and O–H groups in total. The number of non-ortho nitro benzene ring substituents is 1. The highest BCUT2D eigenvalue weighted by Crippen LogP contribution is 2.21. The zero-order valence-electron chi connectivity index (χ0n) is 11.2. The molecule has 0 bridgehead atoms. The largest absolute Gasteiger partial charge is 0.379 e. The van der Waals surface area contributed by atoms with E-state index in [0.717, 1.165) is 24.6 Å². The zero-order valence-corrected chi connectivity index (χ0v) is 11.2. The van der Waals surface area contributed by atoms with Gasteiger partial charge in [0.2, 0.25) is 0 Å². The number of hydrogen-bond donors (Lipinski definition) is 1. The fraction of sp³-hybridized carbons (Fsp3) is 0.286. The second kappa shape index (κ2) is 6.18. The van der Waals surface area contributed by atoms with E-state index in [1.807, 2.05) is 18.5 Å². The van der Waals surface area contributed by atoms with Gasteiger partial charge in [-0.2, -0.15) is 0 Å². The van der Waals surface area contributed by atoms with Crippen molar-refractivity contribution in [1.29, 1.82) is 0 Å². The van der Waals surface area contributed by atoms with Gasteiger partial charge in [0, 0.05) is 31.5 Å². The lowest BCUT2D eigenvalue weighted by atomic mass is 10.2. The Bertz CT molecular complexity index is 610. The normalized spacial score (nSPS) is 10.5. The van der Waals surface area contributed by atoms with Crippen molar-refractivity contribution < 1.29 is 9.31 Å². The Kier molecular flexibility index (Phi) is 4.34. The van der Waals surface area contributed by atoms with E-state index in [1.165, 1.54) is 12.1 Å². The summed E-state index contributed by atoms with van der Waals surface area (Å²) in [4.78, 5) is 9.91. The van der Waals surface area contributed by atoms with Crippen LogP contribution in [0.25, 0.3) is 0 Å². The Morgan fingerprint density at radius 2 is 2.20 bits per heavy atom. The molecule has 0 fully saturated rings. The Morgan fingerprint density at radius 1 is 1.40 bits per heavy atom. The van der Waals surface area contributed by atoms with Crippen LogP contribution in [0.2, 0.25) is 0 Å². The Morgan fingerprint density at radius 3 is 2.85 bits per heavy atom. The summed E-state index contributed by atoms with van der Waals surface area (Å²) in [7, 11) is 0. The lowest BCUT2D eigenvalue weighted by Gasteiger charge is -2.06. The van der Waals surface area contributed by atoms with Gasteiger partial charge in [-0.15, -0.1) is 0 Å². The summed E-state index contributed by atoms with van der Waals surface area (Å²) in [5.74, 6) is -0.618. The molecule has 0 aliphatic rings. The molecule has 0 atom stereocenters. The quantitative estimate of drug-likeness (QED) is 0.648. The fourth-order valence-electron chi connectivity index (χ4n) is 1.95. The van der Waals surface area contributed by atoms with Crippen molar-refractivity contribution >= 4 is 11.4 Å². The topological polar surface area (TPSA) is 60.1 Å². The first-order valence-electron chi connectivity index (χ1n) is 6.42. The van der Waals surface area contributed by atoms with Crippen molar-refractivity contribution in [3.8, 4) is 0 Å². The molecule has 1 aromatic carbocycles. The van der Waals surface area contributed by atoms with Crippen LogP contribution in [0.5, 0.6) is 0 Å². The van der Waals surface area contributed by atoms with Crippen LogP contribution >= 0.6 is 0 Å². The van der Waals surface area contributed by atoms with Crippen LogP contribution in [-0.4, -0.2) is 9.49 Å². The van der Waals surface area contributed by atoms with Crippen LogP contribution in [0.15, 0.2) is 36.7 Å². The van der Waals surface area contributed by atoms with Gasteiger partial charge >= 0.3 is 0 Å². The summed E-state index contributed by atoms with van der Waals surface area (Å²) >= 11 is 0. The number of anilines is 1. The molecule has 0 unspecified atom stereocenters. The number of nitrogens with zero attached hydrogens (tertiary/aromatic N) is 2. The molecule has 1 heterocycles. The summed E-state index contributed by atoms with van der Waals surface area (Å²) in [6, 6.07) is 5.56. The summed E-state index contributed by atoms with van der Waals surface area (Å²) in [5.41, 5.74) is 1.05. The number of benzene rings is 1. The SMILES string of the molecule is CCCn1ccc(CNc2ccc([N+](=O)[O-])cc2F)c1. The van der Waals surface area contributed by atoms with Gasteiger partial charge in [0.05, 0.1) is 16.7 Å². The molecular weight excluding hydrogens is 261 g/mol. The maximum Gasteiger partial charge on any atom is 0.272 e. The van der Waals surface area contributed by atoms with Crippen LogP contribution in [0.1, 0.15) is 18.9 Å². The third kappa shape index (κ3) is 3.34. The number of halogens is 1. The second-order valence-corrected chi connectivity index (χ2v) is 4.53. The van der Waals surface area contributed by atoms with Crippen molar-refractivity contribution in [2.24, 2.45) is 0 Å². The summed E-state index contributed by atoms with van der Waals surface area (Å²) in [5, 5.41) is 13.5. The molecule has 0 saturated heterocycles. The van der Waals surface area contributed by atoms with Gasteiger partial charge in [-0.25, -0.2) is 4.39 Å². The van der Waals surface area contributed by atoms with E-state index in [4.69, 9.17) is 0 Å². The van der Waals surface area contributed by atoms with Crippen LogP contribution < -0.4 is 5.32 Å². The molecule has 0 aliphatic carbocycles. The first-order chi connectivity index (χ1) is 9.60. The number of nitro groups is 1. The maximum atomic E-state index is 13.7. The monoisotopic (exact) mass is 277 g/mol. The molecule has 6 heteroatoms. The van der Waals surface area contributed by atoms with E-state index in [1.54, 1.807) is 0 Å². The number of hydrogen-bond acceptors (Lipinski definition) is 3. The standard InChI is InChI=1S/C14H16FN3O2/c1-2-6-17-7-5-11(10-17)9-16-14-4-3-12(18(19)20)8-13(14)15/h3-5,7-8,10,16H,2,6,9H2,1H3. The van der Waals surface area contributed by atoms with Crippen molar-refractivity contribution in [2.45, 2.75) is 26.4 Å². The van der Waals surface area contributed by atoms with E-state index >= 15 is 0 Å². The molecule has 0 radical (unpaired) electrons. The number of aromatic nitrogens is 1. The minimum Gasteiger partial charge on any atom is -0.379 e. The first kappa shape index (κ1) is 14.0. The average Bonchev–Trinajstić information content (AvgIpc) is 2.85. The number of nitro benzene ring substituents is 1. The van der Waals surface area contributed by atoms with Gasteiger partial charge in [-0.1, -0.05) is 6.92 Å². The molecule has 20 heavy (non-hydrogen) atoms. The minimum absolute atomic E-state index is 0.248. The lowest BCUT2D eigenvalue weighted by Crippen LogP contribution is -2.01. The van der Waals surface area contributed by atoms with Crippen LogP contribution in [0.3, 0.4) is 0 Å². The second-order valence-electron chi connectivity index (χ2n) is 4.53. The average molecular weight is 277 g/mol. The van der Waals surface area contributed by atoms with Crippen LogP contribution in [0, 0.1) is 15.9 Å². The number of nitrogens with one attached hydrogen (secondary N) is 1. The zero-order chi connectivity index (χ0) is 14.5. The highest BCUT2D eigenvalue weighted by atomic mass is 19.1. The van der Waals surface area contributed by atoms with E-state index in [-0.39, 0.29) is 11.4 Å². The van der Waals surface area contributed by atoms with Gasteiger partial charge in [0.25, 0.3) is 5.69 Å². The highest BCUT2D eigenvalue weighted by molar-refractivity contribution is 5.50. The van der Waals surface area contributed by atoms with Crippen LogP contribution in [-0.2, 0) is 13.1 Å². The molecule has 2 rings (SSSR count). The molecule has 5 nitrogen and oxygen atoms in total. The number of rotatable bonds is 6. The fourth-order valence-corrected chi connectivity index (χ4v) is 1.95. The van der Waals surface area contributed by atoms with E-state index in [0.29, 0.717) is 6.54 Å². The first-order valence-corrected chi connectivity index (χ1v) is 6.42. The maximum absolute atomic E-state index is 13.7. The van der Waals surface area contributed by atoms with Crippen LogP contribution in [0.4, 0.5) is 15.8 Å². The predicted molar refractivity (Wildman–Crippen MR) is 75.1 cm³/mol. The van der Waals surface area contributed by atoms with Gasteiger partial charge in [-0.05, 0) is 24.1 Å². The summed E-state index contributed by atoms with van der Waals surface area (Å²) < 4.78 is 15.7. The van der Waals surface area contributed by atoms with Gasteiger partial charge in [-0.3, -0.25) is 10.1 Å². The molecule has 1 aromatic heterocycles. The lowest BCUT2D eigenvalue weighted by molar-refractivity contribution is -0.385. The molecular formula is C14H16FN3O2. The third-order valence-electron chi connectivity index (χ3n) is 2.94. The van der Waals surface area contributed by atoms with Crippen molar-refractivity contribution in [1.82, 2.24) is 4.57 Å². The Labute approximate surface area is 116 Å². The van der Waals surface area contributed by atoms with E-state index < -0.39 is 10.7 Å². The predicted octanol–water partition coefficient (Wildman–Crippen LogP) is 3.56. The molecule has 0 spiro atoms. The van der Waals surface area contributed by atoms with E-state index in [2.05, 4.69) is 16.8 Å². The highest BCUT2D eigenvalue weighted by Gasteiger charge is 2.10. The Balaban J connectivity index is 2.01. The molecule has 106 valence electrons. The summed E-state index contributed by atoms with van der Waals surface area (Å²) in [6.07, 6.45) is 5.03. The molecule has 2 aromatic rings. The molecule has 0 saturated carbocycles. The van der Waals surface area contributed by atoms with Gasteiger partial charge < -0.3 is 9.88 Å². The molecule has 0 aliphatic heterocycles. The van der Waals surface area contributed by atoms with Crippen molar-refractivity contribution in [3.05, 3.63) is 58.2 Å². The Hall–Kier alpha value is -2.37. The molecule has 0 amide bonds. The smallest absolute Gasteiger partial charge is 0.272 e. The van der Waals surface area contributed by atoms with Crippen molar-refractivity contribution in [2.75, 3.05) is 5.32 Å².